The number of aromatic nitrogens is 2. The summed E-state index contributed by atoms with van der Waals surface area (Å²) < 4.78 is 15.8. The van der Waals surface area contributed by atoms with Crippen LogP contribution in [0.1, 0.15) is 25.1 Å². The first-order valence-electron chi connectivity index (χ1n) is 6.67. The number of aryl methyl sites for hydroxylation is 2. The van der Waals surface area contributed by atoms with Gasteiger partial charge in [-0.15, -0.1) is 0 Å². The highest BCUT2D eigenvalue weighted by atomic mass is 19.1. The van der Waals surface area contributed by atoms with E-state index in [0.29, 0.717) is 5.56 Å². The van der Waals surface area contributed by atoms with E-state index in [0.717, 1.165) is 36.3 Å². The van der Waals surface area contributed by atoms with Gasteiger partial charge in [0.1, 0.15) is 5.82 Å². The van der Waals surface area contributed by atoms with Gasteiger partial charge in [-0.2, -0.15) is 5.10 Å². The van der Waals surface area contributed by atoms with Crippen molar-refractivity contribution >= 4 is 0 Å². The van der Waals surface area contributed by atoms with Crippen LogP contribution in [-0.4, -0.2) is 16.3 Å². The molecule has 0 unspecified atom stereocenters. The first-order chi connectivity index (χ1) is 9.15. The molecule has 1 N–H and O–H groups in total. The average Bonchev–Trinajstić information content (AvgIpc) is 2.79. The normalized spacial score (nSPS) is 10.9. The van der Waals surface area contributed by atoms with E-state index in [9.17, 15) is 4.39 Å². The van der Waals surface area contributed by atoms with Crippen LogP contribution in [0.15, 0.2) is 24.4 Å². The first-order valence-corrected chi connectivity index (χ1v) is 6.67. The van der Waals surface area contributed by atoms with Crippen LogP contribution < -0.4 is 5.32 Å². The van der Waals surface area contributed by atoms with Gasteiger partial charge in [-0.05, 0) is 30.7 Å². The van der Waals surface area contributed by atoms with Crippen molar-refractivity contribution in [1.29, 1.82) is 0 Å². The van der Waals surface area contributed by atoms with Gasteiger partial charge in [-0.25, -0.2) is 4.39 Å². The van der Waals surface area contributed by atoms with E-state index in [2.05, 4.69) is 17.3 Å². The standard InChI is InChI=1S/C15H20FN3/c1-4-15-13(10-19(3)18-15)12-8-11(9-17-5-2)6-7-14(12)16/h6-8,10,17H,4-5,9H2,1-3H3. The molecule has 2 aromatic rings. The molecule has 3 nitrogen and oxygen atoms in total. The molecule has 2 rings (SSSR count). The van der Waals surface area contributed by atoms with Gasteiger partial charge in [0.15, 0.2) is 0 Å². The highest BCUT2D eigenvalue weighted by molar-refractivity contribution is 5.66. The fourth-order valence-corrected chi connectivity index (χ4v) is 2.18. The monoisotopic (exact) mass is 261 g/mol. The van der Waals surface area contributed by atoms with E-state index in [1.54, 1.807) is 4.68 Å². The molecular weight excluding hydrogens is 241 g/mol. The maximum atomic E-state index is 14.0. The zero-order valence-corrected chi connectivity index (χ0v) is 11.7. The van der Waals surface area contributed by atoms with Crippen LogP contribution >= 0.6 is 0 Å². The number of hydrogen-bond donors (Lipinski definition) is 1. The molecule has 19 heavy (non-hydrogen) atoms. The molecular formula is C15H20FN3. The van der Waals surface area contributed by atoms with Crippen molar-refractivity contribution in [2.75, 3.05) is 6.54 Å². The van der Waals surface area contributed by atoms with Crippen molar-refractivity contribution in [3.8, 4) is 11.1 Å². The molecule has 0 aliphatic rings. The summed E-state index contributed by atoms with van der Waals surface area (Å²) in [5, 5.41) is 7.63. The van der Waals surface area contributed by atoms with Crippen molar-refractivity contribution in [3.63, 3.8) is 0 Å². The summed E-state index contributed by atoms with van der Waals surface area (Å²) in [4.78, 5) is 0. The molecule has 102 valence electrons. The molecule has 1 aromatic heterocycles. The van der Waals surface area contributed by atoms with E-state index in [1.165, 1.54) is 6.07 Å². The molecule has 0 saturated carbocycles. The number of nitrogens with zero attached hydrogens (tertiary/aromatic N) is 2. The van der Waals surface area contributed by atoms with Crippen molar-refractivity contribution in [2.45, 2.75) is 26.8 Å². The molecule has 0 bridgehead atoms. The Bertz CT molecular complexity index is 561. The third kappa shape index (κ3) is 3.01. The van der Waals surface area contributed by atoms with Gasteiger partial charge in [0.2, 0.25) is 0 Å². The van der Waals surface area contributed by atoms with Crippen molar-refractivity contribution in [2.24, 2.45) is 7.05 Å². The molecule has 0 aliphatic heterocycles. The van der Waals surface area contributed by atoms with E-state index < -0.39 is 0 Å². The largest absolute Gasteiger partial charge is 0.313 e. The highest BCUT2D eigenvalue weighted by Gasteiger charge is 2.13. The van der Waals surface area contributed by atoms with Gasteiger partial charge in [-0.3, -0.25) is 4.68 Å². The van der Waals surface area contributed by atoms with Crippen LogP contribution in [0.3, 0.4) is 0 Å². The predicted molar refractivity (Wildman–Crippen MR) is 75.4 cm³/mol. The zero-order chi connectivity index (χ0) is 13.8. The number of benzene rings is 1. The molecule has 1 heterocycles. The van der Waals surface area contributed by atoms with Gasteiger partial charge in [-0.1, -0.05) is 19.9 Å². The molecule has 0 amide bonds. The number of halogens is 1. The molecule has 1 aromatic carbocycles. The Kier molecular flexibility index (Phi) is 4.32. The fourth-order valence-electron chi connectivity index (χ4n) is 2.18. The summed E-state index contributed by atoms with van der Waals surface area (Å²) in [5.74, 6) is -0.192. The SMILES string of the molecule is CCNCc1ccc(F)c(-c2cn(C)nc2CC)c1. The predicted octanol–water partition coefficient (Wildman–Crippen LogP) is 2.90. The van der Waals surface area contributed by atoms with E-state index in [1.807, 2.05) is 32.3 Å². The lowest BCUT2D eigenvalue weighted by molar-refractivity contribution is 0.629. The lowest BCUT2D eigenvalue weighted by Gasteiger charge is -2.07. The number of nitrogens with one attached hydrogen (secondary N) is 1. The number of hydrogen-bond acceptors (Lipinski definition) is 2. The Hall–Kier alpha value is -1.68. The van der Waals surface area contributed by atoms with Crippen LogP contribution in [0.25, 0.3) is 11.1 Å². The summed E-state index contributed by atoms with van der Waals surface area (Å²) in [7, 11) is 1.86. The van der Waals surface area contributed by atoms with Gasteiger partial charge in [0.25, 0.3) is 0 Å². The van der Waals surface area contributed by atoms with Crippen molar-refractivity contribution < 1.29 is 4.39 Å². The van der Waals surface area contributed by atoms with Gasteiger partial charge >= 0.3 is 0 Å². The van der Waals surface area contributed by atoms with Crippen LogP contribution in [0.2, 0.25) is 0 Å². The fraction of sp³-hybridized carbons (Fsp3) is 0.400. The minimum Gasteiger partial charge on any atom is -0.313 e. The second-order valence-electron chi connectivity index (χ2n) is 4.61. The van der Waals surface area contributed by atoms with Gasteiger partial charge in [0.05, 0.1) is 5.69 Å². The van der Waals surface area contributed by atoms with Crippen LogP contribution in [-0.2, 0) is 20.0 Å². The maximum Gasteiger partial charge on any atom is 0.131 e. The summed E-state index contributed by atoms with van der Waals surface area (Å²) in [6.07, 6.45) is 2.68. The molecule has 0 atom stereocenters. The lowest BCUT2D eigenvalue weighted by Crippen LogP contribution is -2.11. The Morgan fingerprint density at radius 3 is 2.74 bits per heavy atom. The van der Waals surface area contributed by atoms with Gasteiger partial charge < -0.3 is 5.32 Å². The molecule has 0 spiro atoms. The third-order valence-electron chi connectivity index (χ3n) is 3.14. The summed E-state index contributed by atoms with van der Waals surface area (Å²) in [5.41, 5.74) is 3.55. The summed E-state index contributed by atoms with van der Waals surface area (Å²) in [6, 6.07) is 5.27. The topological polar surface area (TPSA) is 29.9 Å². The van der Waals surface area contributed by atoms with E-state index >= 15 is 0 Å². The van der Waals surface area contributed by atoms with E-state index in [-0.39, 0.29) is 5.82 Å². The Labute approximate surface area is 113 Å². The summed E-state index contributed by atoms with van der Waals surface area (Å²) >= 11 is 0. The molecule has 0 saturated heterocycles. The molecule has 0 fully saturated rings. The summed E-state index contributed by atoms with van der Waals surface area (Å²) in [6.45, 7) is 5.75. The van der Waals surface area contributed by atoms with Crippen LogP contribution in [0, 0.1) is 5.82 Å². The smallest absolute Gasteiger partial charge is 0.131 e. The minimum atomic E-state index is -0.192. The Balaban J connectivity index is 2.42. The Morgan fingerprint density at radius 1 is 1.26 bits per heavy atom. The van der Waals surface area contributed by atoms with E-state index in [4.69, 9.17) is 0 Å². The highest BCUT2D eigenvalue weighted by Crippen LogP contribution is 2.27. The quantitative estimate of drug-likeness (QED) is 0.897. The zero-order valence-electron chi connectivity index (χ0n) is 11.7. The molecule has 0 aliphatic carbocycles. The van der Waals surface area contributed by atoms with Crippen molar-refractivity contribution in [3.05, 3.63) is 41.5 Å². The maximum absolute atomic E-state index is 14.0. The second kappa shape index (κ2) is 5.97. The molecule has 4 heteroatoms. The lowest BCUT2D eigenvalue weighted by atomic mass is 10.0. The Morgan fingerprint density at radius 2 is 2.05 bits per heavy atom. The van der Waals surface area contributed by atoms with Crippen molar-refractivity contribution in [1.82, 2.24) is 15.1 Å². The minimum absolute atomic E-state index is 0.192. The number of rotatable bonds is 5. The van der Waals surface area contributed by atoms with Crippen LogP contribution in [0.5, 0.6) is 0 Å². The average molecular weight is 261 g/mol. The van der Waals surface area contributed by atoms with Crippen LogP contribution in [0.4, 0.5) is 4.39 Å². The van der Waals surface area contributed by atoms with Gasteiger partial charge in [0, 0.05) is 30.9 Å². The first kappa shape index (κ1) is 13.7. The third-order valence-corrected chi connectivity index (χ3v) is 3.14. The molecule has 0 radical (unpaired) electrons. The second-order valence-corrected chi connectivity index (χ2v) is 4.61.